The van der Waals surface area contributed by atoms with Crippen LogP contribution in [0.5, 0.6) is 0 Å². The molecular weight excluding hydrogens is 609 g/mol. The van der Waals surface area contributed by atoms with Gasteiger partial charge in [0, 0.05) is 22.1 Å². The van der Waals surface area contributed by atoms with Crippen LogP contribution in [0.2, 0.25) is 0 Å². The minimum atomic E-state index is -0.771. The van der Waals surface area contributed by atoms with Crippen molar-refractivity contribution >= 4 is 46.8 Å². The summed E-state index contributed by atoms with van der Waals surface area (Å²) in [6.45, 7) is 1.92. The van der Waals surface area contributed by atoms with Crippen LogP contribution >= 0.6 is 23.1 Å². The van der Waals surface area contributed by atoms with Gasteiger partial charge in [0.15, 0.2) is 4.80 Å². The van der Waals surface area contributed by atoms with E-state index in [1.807, 2.05) is 60.9 Å². The molecule has 10 heteroatoms. The van der Waals surface area contributed by atoms with Gasteiger partial charge < -0.3 is 13.9 Å². The average Bonchev–Trinajstić information content (AvgIpc) is 3.68. The van der Waals surface area contributed by atoms with E-state index in [9.17, 15) is 14.4 Å². The lowest BCUT2D eigenvalue weighted by Gasteiger charge is -2.26. The van der Waals surface area contributed by atoms with Gasteiger partial charge in [0.2, 0.25) is 0 Å². The SMILES string of the molecule is CCOC(=O)C1=C(c2ccccc2)N=c2s/c(=C/c3ccc(-c4ccccc4C(=O)OC)o3)c(=O)n2[C@H]1c1ccc(SC)cc1. The Balaban J connectivity index is 1.54. The van der Waals surface area contributed by atoms with Crippen LogP contribution in [0.25, 0.3) is 23.1 Å². The van der Waals surface area contributed by atoms with E-state index in [4.69, 9.17) is 18.9 Å². The number of aromatic nitrogens is 1. The van der Waals surface area contributed by atoms with Crippen LogP contribution < -0.4 is 14.9 Å². The maximum absolute atomic E-state index is 14.2. The molecule has 5 aromatic rings. The van der Waals surface area contributed by atoms with Crippen LogP contribution in [0, 0.1) is 0 Å². The molecule has 0 N–H and O–H groups in total. The lowest BCUT2D eigenvalue weighted by atomic mass is 9.93. The molecular formula is C35H28N2O6S2. The number of methoxy groups -OCH3 is 1. The Bertz CT molecular complexity index is 2110. The van der Waals surface area contributed by atoms with Gasteiger partial charge in [-0.2, -0.15) is 0 Å². The number of carbonyl (C=O) groups is 2. The van der Waals surface area contributed by atoms with E-state index in [0.717, 1.165) is 16.0 Å². The predicted molar refractivity (Wildman–Crippen MR) is 175 cm³/mol. The molecule has 1 atom stereocenters. The van der Waals surface area contributed by atoms with Crippen molar-refractivity contribution in [3.63, 3.8) is 0 Å². The minimum absolute atomic E-state index is 0.174. The van der Waals surface area contributed by atoms with Crippen molar-refractivity contribution in [2.75, 3.05) is 20.0 Å². The van der Waals surface area contributed by atoms with Crippen molar-refractivity contribution in [2.24, 2.45) is 4.99 Å². The normalized spacial score (nSPS) is 14.6. The Hall–Kier alpha value is -4.93. The third-order valence-electron chi connectivity index (χ3n) is 7.30. The highest BCUT2D eigenvalue weighted by molar-refractivity contribution is 7.98. The van der Waals surface area contributed by atoms with Crippen LogP contribution in [0.4, 0.5) is 0 Å². The van der Waals surface area contributed by atoms with Crippen LogP contribution in [-0.2, 0) is 14.3 Å². The lowest BCUT2D eigenvalue weighted by molar-refractivity contribution is -0.138. The minimum Gasteiger partial charge on any atom is -0.465 e. The van der Waals surface area contributed by atoms with Gasteiger partial charge in [0.25, 0.3) is 5.56 Å². The van der Waals surface area contributed by atoms with Crippen LogP contribution in [-0.4, -0.2) is 36.5 Å². The molecule has 1 aliphatic rings. The Labute approximate surface area is 267 Å². The standard InChI is InChI=1S/C35H28N2O6S2/c1-4-42-34(40)29-30(21-10-6-5-7-11-21)36-35-37(31(29)22-14-17-24(44-3)18-15-22)32(38)28(45-35)20-23-16-19-27(43-23)25-12-8-9-13-26(25)33(39)41-2/h5-20,31H,4H2,1-3H3/b28-20+/t31-/m0/s1. The largest absolute Gasteiger partial charge is 0.465 e. The second-order valence-electron chi connectivity index (χ2n) is 9.94. The molecule has 6 rings (SSSR count). The predicted octanol–water partition coefficient (Wildman–Crippen LogP) is 5.70. The molecule has 0 unspecified atom stereocenters. The quantitative estimate of drug-likeness (QED) is 0.159. The van der Waals surface area contributed by atoms with Crippen molar-refractivity contribution in [1.29, 1.82) is 0 Å². The van der Waals surface area contributed by atoms with Gasteiger partial charge in [-0.1, -0.05) is 72.0 Å². The van der Waals surface area contributed by atoms with E-state index < -0.39 is 18.0 Å². The number of hydrogen-bond donors (Lipinski definition) is 0. The second kappa shape index (κ2) is 13.0. The molecule has 0 bridgehead atoms. The van der Waals surface area contributed by atoms with E-state index in [2.05, 4.69) is 0 Å². The number of thioether (sulfide) groups is 1. The molecule has 8 nitrogen and oxygen atoms in total. The molecule has 0 radical (unpaired) electrons. The van der Waals surface area contributed by atoms with Gasteiger partial charge in [-0.3, -0.25) is 9.36 Å². The summed E-state index contributed by atoms with van der Waals surface area (Å²) in [5.41, 5.74) is 2.87. The maximum Gasteiger partial charge on any atom is 0.338 e. The third kappa shape index (κ3) is 5.82. The van der Waals surface area contributed by atoms with Crippen molar-refractivity contribution < 1.29 is 23.5 Å². The summed E-state index contributed by atoms with van der Waals surface area (Å²) < 4.78 is 18.5. The van der Waals surface area contributed by atoms with Gasteiger partial charge >= 0.3 is 11.9 Å². The fraction of sp³-hybridized carbons (Fsp3) is 0.143. The van der Waals surface area contributed by atoms with Gasteiger partial charge in [0.1, 0.15) is 11.5 Å². The first-order valence-corrected chi connectivity index (χ1v) is 16.2. The Kier molecular flexibility index (Phi) is 8.68. The topological polar surface area (TPSA) is 100 Å². The zero-order valence-electron chi connectivity index (χ0n) is 24.7. The van der Waals surface area contributed by atoms with E-state index in [1.165, 1.54) is 18.4 Å². The van der Waals surface area contributed by atoms with Gasteiger partial charge in [-0.05, 0) is 49.1 Å². The number of furan rings is 1. The number of rotatable bonds is 8. The molecule has 1 aliphatic heterocycles. The zero-order valence-corrected chi connectivity index (χ0v) is 26.3. The van der Waals surface area contributed by atoms with E-state index in [1.54, 1.807) is 65.7 Å². The van der Waals surface area contributed by atoms with E-state index in [-0.39, 0.29) is 12.2 Å². The molecule has 2 aromatic heterocycles. The molecule has 3 aromatic carbocycles. The van der Waals surface area contributed by atoms with Crippen molar-refractivity contribution in [3.05, 3.63) is 139 Å². The number of benzene rings is 3. The summed E-state index contributed by atoms with van der Waals surface area (Å²) in [5.74, 6) is -0.135. The van der Waals surface area contributed by atoms with Crippen LogP contribution in [0.3, 0.4) is 0 Å². The summed E-state index contributed by atoms with van der Waals surface area (Å²) in [4.78, 5) is 46.5. The molecule has 3 heterocycles. The van der Waals surface area contributed by atoms with E-state index >= 15 is 0 Å². The number of carbonyl (C=O) groups excluding carboxylic acids is 2. The first kappa shape index (κ1) is 30.1. The van der Waals surface area contributed by atoms with Crippen molar-refractivity contribution in [3.8, 4) is 11.3 Å². The highest BCUT2D eigenvalue weighted by Crippen LogP contribution is 2.36. The summed E-state index contributed by atoms with van der Waals surface area (Å²) in [5, 5.41) is 0. The molecule has 0 spiro atoms. The second-order valence-corrected chi connectivity index (χ2v) is 11.8. The average molecular weight is 637 g/mol. The van der Waals surface area contributed by atoms with E-state index in [0.29, 0.717) is 43.3 Å². The van der Waals surface area contributed by atoms with Gasteiger partial charge in [-0.15, -0.1) is 11.8 Å². The molecule has 0 aliphatic carbocycles. The molecule has 0 fully saturated rings. The number of ether oxygens (including phenoxy) is 2. The third-order valence-corrected chi connectivity index (χ3v) is 9.03. The zero-order chi connectivity index (χ0) is 31.5. The number of hydrogen-bond acceptors (Lipinski definition) is 9. The molecule has 45 heavy (non-hydrogen) atoms. The summed E-state index contributed by atoms with van der Waals surface area (Å²) in [7, 11) is 1.33. The Morgan fingerprint density at radius 3 is 2.42 bits per heavy atom. The highest BCUT2D eigenvalue weighted by atomic mass is 32.2. The summed E-state index contributed by atoms with van der Waals surface area (Å²) in [6, 6.07) is 26.9. The first-order valence-electron chi connectivity index (χ1n) is 14.1. The number of thiazole rings is 1. The molecule has 0 saturated carbocycles. The summed E-state index contributed by atoms with van der Waals surface area (Å²) >= 11 is 2.81. The fourth-order valence-electron chi connectivity index (χ4n) is 5.23. The number of nitrogens with zero attached hydrogens (tertiary/aromatic N) is 2. The van der Waals surface area contributed by atoms with Crippen molar-refractivity contribution in [2.45, 2.75) is 17.9 Å². The fourth-order valence-corrected chi connectivity index (χ4v) is 6.62. The Morgan fingerprint density at radius 2 is 1.71 bits per heavy atom. The maximum atomic E-state index is 14.2. The van der Waals surface area contributed by atoms with Crippen LogP contribution in [0.1, 0.15) is 40.2 Å². The number of esters is 2. The monoisotopic (exact) mass is 636 g/mol. The summed E-state index contributed by atoms with van der Waals surface area (Å²) in [6.07, 6.45) is 3.64. The van der Waals surface area contributed by atoms with Crippen LogP contribution in [0.15, 0.2) is 116 Å². The number of fused-ring (bicyclic) bond motifs is 1. The van der Waals surface area contributed by atoms with Gasteiger partial charge in [-0.25, -0.2) is 14.6 Å². The van der Waals surface area contributed by atoms with Gasteiger partial charge in [0.05, 0.1) is 41.1 Å². The van der Waals surface area contributed by atoms with Crippen molar-refractivity contribution in [1.82, 2.24) is 4.57 Å². The highest BCUT2D eigenvalue weighted by Gasteiger charge is 2.35. The Morgan fingerprint density at radius 1 is 0.978 bits per heavy atom. The molecule has 0 amide bonds. The molecule has 0 saturated heterocycles. The first-order chi connectivity index (χ1) is 21.9. The molecule has 226 valence electrons. The lowest BCUT2D eigenvalue weighted by Crippen LogP contribution is -2.40. The smallest absolute Gasteiger partial charge is 0.338 e.